The minimum absolute atomic E-state index is 0.0738. The molecule has 148 valence electrons. The van der Waals surface area contributed by atoms with Gasteiger partial charge in [0.25, 0.3) is 0 Å². The standard InChI is InChI=1S/C23H20FNO3S/c1-15-2-3-16(10-20(15)24)12-25-21-11-18(28-13-17-8-9-29-14-17)4-5-19(21)22(26)6-7-23(25)27/h2-5,8-11,14H,6-7,12-13H2,1H3. The number of aryl methyl sites for hydroxylation is 1. The molecule has 0 unspecified atom stereocenters. The molecule has 0 atom stereocenters. The molecule has 2 heterocycles. The molecule has 0 spiro atoms. The number of hydrogen-bond acceptors (Lipinski definition) is 4. The quantitative estimate of drug-likeness (QED) is 0.576. The molecule has 29 heavy (non-hydrogen) atoms. The van der Waals surface area contributed by atoms with Crippen molar-refractivity contribution in [3.8, 4) is 5.75 Å². The Hall–Kier alpha value is -2.99. The van der Waals surface area contributed by atoms with Crippen LogP contribution >= 0.6 is 11.3 Å². The van der Waals surface area contributed by atoms with E-state index in [1.807, 2.05) is 16.8 Å². The predicted molar refractivity (Wildman–Crippen MR) is 111 cm³/mol. The fourth-order valence-corrected chi connectivity index (χ4v) is 3.97. The minimum Gasteiger partial charge on any atom is -0.489 e. The van der Waals surface area contributed by atoms with Crippen molar-refractivity contribution in [3.05, 3.63) is 81.3 Å². The predicted octanol–water partition coefficient (Wildman–Crippen LogP) is 5.28. The summed E-state index contributed by atoms with van der Waals surface area (Å²) in [4.78, 5) is 26.9. The molecule has 0 fully saturated rings. The van der Waals surface area contributed by atoms with Crippen LogP contribution in [0.3, 0.4) is 0 Å². The average molecular weight is 409 g/mol. The van der Waals surface area contributed by atoms with Crippen molar-refractivity contribution in [1.82, 2.24) is 0 Å². The highest BCUT2D eigenvalue weighted by molar-refractivity contribution is 7.07. The lowest BCUT2D eigenvalue weighted by molar-refractivity contribution is -0.118. The van der Waals surface area contributed by atoms with Gasteiger partial charge in [0, 0.05) is 24.5 Å². The number of nitrogens with zero attached hydrogens (tertiary/aromatic N) is 1. The summed E-state index contributed by atoms with van der Waals surface area (Å²) in [5.74, 6) is 0.0369. The van der Waals surface area contributed by atoms with E-state index in [1.54, 1.807) is 53.5 Å². The molecule has 4 nitrogen and oxygen atoms in total. The van der Waals surface area contributed by atoms with Gasteiger partial charge >= 0.3 is 0 Å². The number of amides is 1. The summed E-state index contributed by atoms with van der Waals surface area (Å²) in [5.41, 5.74) is 3.29. The lowest BCUT2D eigenvalue weighted by atomic mass is 10.1. The smallest absolute Gasteiger partial charge is 0.227 e. The van der Waals surface area contributed by atoms with Crippen LogP contribution in [0, 0.1) is 12.7 Å². The van der Waals surface area contributed by atoms with E-state index >= 15 is 0 Å². The fraction of sp³-hybridized carbons (Fsp3) is 0.217. The Morgan fingerprint density at radius 1 is 1.07 bits per heavy atom. The second kappa shape index (κ2) is 8.17. The number of ketones is 1. The van der Waals surface area contributed by atoms with Crippen molar-refractivity contribution in [2.75, 3.05) is 4.90 Å². The molecule has 1 amide bonds. The van der Waals surface area contributed by atoms with Crippen LogP contribution in [0.4, 0.5) is 10.1 Å². The lowest BCUT2D eigenvalue weighted by Gasteiger charge is -2.23. The number of fused-ring (bicyclic) bond motifs is 1. The number of carbonyl (C=O) groups is 2. The van der Waals surface area contributed by atoms with Crippen molar-refractivity contribution in [1.29, 1.82) is 0 Å². The molecule has 0 bridgehead atoms. The second-order valence-corrected chi connectivity index (χ2v) is 7.87. The van der Waals surface area contributed by atoms with Gasteiger partial charge in [0.2, 0.25) is 5.91 Å². The van der Waals surface area contributed by atoms with Gasteiger partial charge in [0.1, 0.15) is 18.2 Å². The van der Waals surface area contributed by atoms with Crippen molar-refractivity contribution in [2.24, 2.45) is 0 Å². The van der Waals surface area contributed by atoms with Gasteiger partial charge < -0.3 is 9.64 Å². The van der Waals surface area contributed by atoms with Crippen LogP contribution in [0.1, 0.15) is 39.9 Å². The normalized spacial score (nSPS) is 13.9. The Morgan fingerprint density at radius 2 is 1.93 bits per heavy atom. The molecule has 0 saturated heterocycles. The number of hydrogen-bond donors (Lipinski definition) is 0. The second-order valence-electron chi connectivity index (χ2n) is 7.09. The molecular formula is C23H20FNO3S. The molecule has 2 aromatic carbocycles. The number of ether oxygens (including phenoxy) is 1. The number of thiophene rings is 1. The summed E-state index contributed by atoms with van der Waals surface area (Å²) >= 11 is 1.60. The molecule has 4 rings (SSSR count). The Balaban J connectivity index is 1.66. The minimum atomic E-state index is -0.311. The zero-order valence-corrected chi connectivity index (χ0v) is 16.8. The van der Waals surface area contributed by atoms with Gasteiger partial charge in [-0.25, -0.2) is 4.39 Å². The summed E-state index contributed by atoms with van der Waals surface area (Å²) < 4.78 is 19.8. The van der Waals surface area contributed by atoms with Crippen molar-refractivity contribution < 1.29 is 18.7 Å². The molecule has 6 heteroatoms. The molecule has 0 radical (unpaired) electrons. The Bertz CT molecular complexity index is 1060. The summed E-state index contributed by atoms with van der Waals surface area (Å²) in [5, 5.41) is 3.99. The number of rotatable bonds is 5. The highest BCUT2D eigenvalue weighted by atomic mass is 32.1. The van der Waals surface area contributed by atoms with Crippen LogP contribution in [-0.2, 0) is 17.9 Å². The number of Topliss-reactive ketones (excluding diaryl/α,β-unsaturated/α-hetero) is 1. The van der Waals surface area contributed by atoms with Gasteiger partial charge in [-0.1, -0.05) is 12.1 Å². The summed E-state index contributed by atoms with van der Waals surface area (Å²) in [6.45, 7) is 2.30. The van der Waals surface area contributed by atoms with E-state index in [-0.39, 0.29) is 36.9 Å². The molecular weight excluding hydrogens is 389 g/mol. The van der Waals surface area contributed by atoms with Crippen LogP contribution in [0.25, 0.3) is 0 Å². The first-order valence-electron chi connectivity index (χ1n) is 9.38. The monoisotopic (exact) mass is 409 g/mol. The van der Waals surface area contributed by atoms with E-state index < -0.39 is 0 Å². The SMILES string of the molecule is Cc1ccc(CN2C(=O)CCC(=O)c3ccc(OCc4ccsc4)cc32)cc1F. The number of benzene rings is 2. The molecule has 1 aliphatic heterocycles. The molecule has 0 aliphatic carbocycles. The van der Waals surface area contributed by atoms with Gasteiger partial charge in [-0.2, -0.15) is 11.3 Å². The molecule has 0 N–H and O–H groups in total. The summed E-state index contributed by atoms with van der Waals surface area (Å²) in [6, 6.07) is 12.1. The van der Waals surface area contributed by atoms with Crippen LogP contribution < -0.4 is 9.64 Å². The third kappa shape index (κ3) is 4.22. The maximum atomic E-state index is 14.0. The van der Waals surface area contributed by atoms with Crippen molar-refractivity contribution in [3.63, 3.8) is 0 Å². The van der Waals surface area contributed by atoms with E-state index in [1.165, 1.54) is 6.07 Å². The van der Waals surface area contributed by atoms with E-state index in [0.717, 1.165) is 5.56 Å². The van der Waals surface area contributed by atoms with E-state index in [2.05, 4.69) is 0 Å². The number of anilines is 1. The maximum Gasteiger partial charge on any atom is 0.227 e. The number of halogens is 1. The van der Waals surface area contributed by atoms with Gasteiger partial charge in [-0.3, -0.25) is 9.59 Å². The Kier molecular flexibility index (Phi) is 5.45. The summed E-state index contributed by atoms with van der Waals surface area (Å²) in [6.07, 6.45) is 0.298. The Labute approximate surface area is 172 Å². The Morgan fingerprint density at radius 3 is 2.69 bits per heavy atom. The third-order valence-electron chi connectivity index (χ3n) is 4.99. The summed E-state index contributed by atoms with van der Waals surface area (Å²) in [7, 11) is 0. The van der Waals surface area contributed by atoms with Crippen molar-refractivity contribution in [2.45, 2.75) is 32.9 Å². The van der Waals surface area contributed by atoms with E-state index in [9.17, 15) is 14.0 Å². The zero-order chi connectivity index (χ0) is 20.4. The first-order valence-corrected chi connectivity index (χ1v) is 10.3. The highest BCUT2D eigenvalue weighted by Gasteiger charge is 2.27. The topological polar surface area (TPSA) is 46.6 Å². The van der Waals surface area contributed by atoms with Crippen molar-refractivity contribution >= 4 is 28.7 Å². The average Bonchev–Trinajstić information content (AvgIpc) is 3.21. The van der Waals surface area contributed by atoms with Gasteiger partial charge in [-0.15, -0.1) is 0 Å². The van der Waals surface area contributed by atoms with Gasteiger partial charge in [-0.05, 0) is 58.6 Å². The molecule has 0 saturated carbocycles. The van der Waals surface area contributed by atoms with Gasteiger partial charge in [0.05, 0.1) is 12.2 Å². The highest BCUT2D eigenvalue weighted by Crippen LogP contribution is 2.32. The number of carbonyl (C=O) groups excluding carboxylic acids is 2. The zero-order valence-electron chi connectivity index (χ0n) is 16.0. The lowest BCUT2D eigenvalue weighted by Crippen LogP contribution is -2.29. The van der Waals surface area contributed by atoms with E-state index in [4.69, 9.17) is 4.74 Å². The van der Waals surface area contributed by atoms with Crippen LogP contribution in [-0.4, -0.2) is 11.7 Å². The molecule has 1 aliphatic rings. The fourth-order valence-electron chi connectivity index (χ4n) is 3.32. The molecule has 1 aromatic heterocycles. The third-order valence-corrected chi connectivity index (χ3v) is 5.72. The maximum absolute atomic E-state index is 14.0. The van der Waals surface area contributed by atoms with Crippen LogP contribution in [0.2, 0.25) is 0 Å². The van der Waals surface area contributed by atoms with Crippen LogP contribution in [0.15, 0.2) is 53.2 Å². The van der Waals surface area contributed by atoms with E-state index in [0.29, 0.717) is 34.7 Å². The molecule has 3 aromatic rings. The van der Waals surface area contributed by atoms with Crippen LogP contribution in [0.5, 0.6) is 5.75 Å². The first-order chi connectivity index (χ1) is 14.0. The van der Waals surface area contributed by atoms with Gasteiger partial charge in [0.15, 0.2) is 5.78 Å². The first kappa shape index (κ1) is 19.3. The largest absolute Gasteiger partial charge is 0.489 e.